The molecule has 47 heavy (non-hydrogen) atoms. The number of benzene rings is 2. The quantitative estimate of drug-likeness (QED) is 0.367. The molecular formula is C36H47N5O5S. The van der Waals surface area contributed by atoms with Crippen molar-refractivity contribution in [2.24, 2.45) is 5.41 Å². The molecule has 3 unspecified atom stereocenters. The number of aromatic nitrogens is 1. The molecule has 3 atom stereocenters. The summed E-state index contributed by atoms with van der Waals surface area (Å²) < 4.78 is 36.3. The van der Waals surface area contributed by atoms with Gasteiger partial charge in [-0.3, -0.25) is 9.59 Å². The van der Waals surface area contributed by atoms with Crippen LogP contribution in [0.15, 0.2) is 36.4 Å². The Hall–Kier alpha value is -3.41. The summed E-state index contributed by atoms with van der Waals surface area (Å²) in [5, 5.41) is 1.07. The molecule has 3 fully saturated rings. The van der Waals surface area contributed by atoms with Gasteiger partial charge in [0.25, 0.3) is 5.91 Å². The maximum absolute atomic E-state index is 14.7. The van der Waals surface area contributed by atoms with Crippen LogP contribution in [0.3, 0.4) is 0 Å². The molecule has 0 bridgehead atoms. The summed E-state index contributed by atoms with van der Waals surface area (Å²) in [4.78, 5) is 32.3. The number of carbonyl (C=O) groups is 2. The van der Waals surface area contributed by atoms with Crippen molar-refractivity contribution in [3.8, 4) is 17.0 Å². The third kappa shape index (κ3) is 5.44. The van der Waals surface area contributed by atoms with E-state index in [0.29, 0.717) is 25.0 Å². The van der Waals surface area contributed by atoms with Crippen molar-refractivity contribution < 1.29 is 22.7 Å². The number of fused-ring (bicyclic) bond motifs is 7. The predicted molar refractivity (Wildman–Crippen MR) is 183 cm³/mol. The van der Waals surface area contributed by atoms with E-state index in [-0.39, 0.29) is 17.4 Å². The molecule has 7 rings (SSSR count). The molecule has 2 aliphatic heterocycles. The molecule has 3 heterocycles. The fourth-order valence-electron chi connectivity index (χ4n) is 8.68. The molecule has 11 heteroatoms. The zero-order valence-electron chi connectivity index (χ0n) is 28.2. The van der Waals surface area contributed by atoms with Crippen LogP contribution in [0.25, 0.3) is 22.2 Å². The lowest BCUT2D eigenvalue weighted by molar-refractivity contribution is -0.137. The molecule has 2 saturated carbocycles. The highest BCUT2D eigenvalue weighted by molar-refractivity contribution is 7.87. The Morgan fingerprint density at radius 3 is 2.47 bits per heavy atom. The van der Waals surface area contributed by atoms with Crippen LogP contribution in [0.1, 0.15) is 84.7 Å². The van der Waals surface area contributed by atoms with Gasteiger partial charge in [0.05, 0.1) is 18.2 Å². The molecule has 3 aromatic rings. The summed E-state index contributed by atoms with van der Waals surface area (Å²) in [7, 11) is 4.59. The van der Waals surface area contributed by atoms with E-state index in [9.17, 15) is 18.0 Å². The molecule has 10 nitrogen and oxygen atoms in total. The molecule has 4 aliphatic rings. The summed E-state index contributed by atoms with van der Waals surface area (Å²) in [5.41, 5.74) is 5.20. The van der Waals surface area contributed by atoms with E-state index in [2.05, 4.69) is 33.4 Å². The summed E-state index contributed by atoms with van der Waals surface area (Å²) >= 11 is 0. The van der Waals surface area contributed by atoms with Crippen molar-refractivity contribution in [3.05, 3.63) is 53.1 Å². The summed E-state index contributed by atoms with van der Waals surface area (Å²) in [6.45, 7) is 2.26. The first-order chi connectivity index (χ1) is 22.4. The Bertz CT molecular complexity index is 1850. The van der Waals surface area contributed by atoms with Gasteiger partial charge in [0, 0.05) is 68.2 Å². The Morgan fingerprint density at radius 2 is 1.79 bits per heavy atom. The maximum Gasteiger partial charge on any atom is 0.303 e. The Balaban J connectivity index is 1.40. The number of rotatable bonds is 8. The summed E-state index contributed by atoms with van der Waals surface area (Å²) in [6, 6.07) is 12.2. The lowest BCUT2D eigenvalue weighted by atomic mass is 9.81. The van der Waals surface area contributed by atoms with Gasteiger partial charge in [0.15, 0.2) is 0 Å². The SMILES string of the molecule is COc1ccc2c(c1)C1CC1(C(=O)N(C)CC1CCCN1C)Cn1c-2c(C2CCCCC2)c2ccc(C(=O)NS(=O)(=O)N(C)C)cc21. The van der Waals surface area contributed by atoms with Crippen LogP contribution < -0.4 is 9.46 Å². The first kappa shape index (κ1) is 32.2. The fraction of sp³-hybridized carbons (Fsp3) is 0.556. The second-order valence-corrected chi connectivity index (χ2v) is 16.3. The highest BCUT2D eigenvalue weighted by Gasteiger charge is 2.63. The third-order valence-corrected chi connectivity index (χ3v) is 12.8. The maximum atomic E-state index is 14.7. The molecule has 1 N–H and O–H groups in total. The zero-order chi connectivity index (χ0) is 33.2. The molecule has 2 aromatic carbocycles. The largest absolute Gasteiger partial charge is 0.497 e. The van der Waals surface area contributed by atoms with E-state index >= 15 is 0 Å². The number of hydrogen-bond acceptors (Lipinski definition) is 6. The number of carbonyl (C=O) groups excluding carboxylic acids is 2. The van der Waals surface area contributed by atoms with Gasteiger partial charge in [0.2, 0.25) is 5.91 Å². The molecular weight excluding hydrogens is 614 g/mol. The normalized spacial score (nSPS) is 24.4. The molecule has 0 spiro atoms. The Kier molecular flexibility index (Phi) is 8.16. The molecule has 0 radical (unpaired) electrons. The van der Waals surface area contributed by atoms with E-state index in [1.165, 1.54) is 38.9 Å². The van der Waals surface area contributed by atoms with Gasteiger partial charge in [-0.15, -0.1) is 0 Å². The predicted octanol–water partition coefficient (Wildman–Crippen LogP) is 4.94. The number of methoxy groups -OCH3 is 1. The van der Waals surface area contributed by atoms with Gasteiger partial charge >= 0.3 is 10.2 Å². The minimum atomic E-state index is -3.97. The van der Waals surface area contributed by atoms with E-state index in [0.717, 1.165) is 76.4 Å². The van der Waals surface area contributed by atoms with Crippen LogP contribution in [0.4, 0.5) is 0 Å². The molecule has 1 aromatic heterocycles. The van der Waals surface area contributed by atoms with E-state index in [4.69, 9.17) is 4.74 Å². The lowest BCUT2D eigenvalue weighted by Crippen LogP contribution is -2.44. The Labute approximate surface area is 278 Å². The molecule has 2 aliphatic carbocycles. The zero-order valence-corrected chi connectivity index (χ0v) is 29.0. The van der Waals surface area contributed by atoms with Gasteiger partial charge < -0.3 is 19.1 Å². The van der Waals surface area contributed by atoms with Crippen molar-refractivity contribution >= 4 is 32.9 Å². The number of nitrogens with zero attached hydrogens (tertiary/aromatic N) is 4. The number of hydrogen-bond donors (Lipinski definition) is 1. The molecule has 1 saturated heterocycles. The van der Waals surface area contributed by atoms with Crippen LogP contribution >= 0.6 is 0 Å². The monoisotopic (exact) mass is 661 g/mol. The van der Waals surface area contributed by atoms with Crippen LogP contribution in [0, 0.1) is 5.41 Å². The number of likely N-dealkylation sites (tertiary alicyclic amines) is 1. The number of likely N-dealkylation sites (N-methyl/N-ethyl adjacent to an activating group) is 2. The second-order valence-electron chi connectivity index (χ2n) is 14.5. The first-order valence-electron chi connectivity index (χ1n) is 17.0. The number of ether oxygens (including phenoxy) is 1. The third-order valence-electron chi connectivity index (χ3n) is 11.4. The van der Waals surface area contributed by atoms with Crippen LogP contribution in [0.5, 0.6) is 5.75 Å². The summed E-state index contributed by atoms with van der Waals surface area (Å²) in [5.74, 6) is 0.673. The first-order valence-corrected chi connectivity index (χ1v) is 18.4. The highest BCUT2D eigenvalue weighted by atomic mass is 32.2. The summed E-state index contributed by atoms with van der Waals surface area (Å²) in [6.07, 6.45) is 8.73. The van der Waals surface area contributed by atoms with Crippen molar-refractivity contribution in [3.63, 3.8) is 0 Å². The average Bonchev–Trinajstić information content (AvgIpc) is 3.56. The lowest BCUT2D eigenvalue weighted by Gasteiger charge is -2.29. The van der Waals surface area contributed by atoms with Gasteiger partial charge in [-0.2, -0.15) is 12.7 Å². The van der Waals surface area contributed by atoms with Crippen LogP contribution in [-0.2, 0) is 21.5 Å². The van der Waals surface area contributed by atoms with Crippen LogP contribution in [0.2, 0.25) is 0 Å². The van der Waals surface area contributed by atoms with E-state index in [1.54, 1.807) is 13.2 Å². The average molecular weight is 662 g/mol. The standard InChI is InChI=1S/C36H47N5O5S/c1-38(2)47(44,45)37-34(42)24-13-15-28-31(18-24)41-22-36(35(43)40(4)21-25-12-9-17-39(25)3)20-30(36)29-19-26(46-5)14-16-27(29)33(41)32(28)23-10-7-6-8-11-23/h13-16,18-19,23,25,30H,6-12,17,20-22H2,1-5H3,(H,37,42). The van der Waals surface area contributed by atoms with Crippen molar-refractivity contribution in [1.29, 1.82) is 0 Å². The topological polar surface area (TPSA) is 104 Å². The minimum Gasteiger partial charge on any atom is -0.497 e. The van der Waals surface area contributed by atoms with Gasteiger partial charge in [-0.1, -0.05) is 25.3 Å². The second kappa shape index (κ2) is 11.9. The van der Waals surface area contributed by atoms with Crippen molar-refractivity contribution in [2.75, 3.05) is 48.4 Å². The number of nitrogens with one attached hydrogen (secondary N) is 1. The van der Waals surface area contributed by atoms with Gasteiger partial charge in [-0.25, -0.2) is 4.72 Å². The molecule has 252 valence electrons. The smallest absolute Gasteiger partial charge is 0.303 e. The van der Waals surface area contributed by atoms with Gasteiger partial charge in [0.1, 0.15) is 5.75 Å². The van der Waals surface area contributed by atoms with E-state index in [1.807, 2.05) is 30.1 Å². The minimum absolute atomic E-state index is 0.0507. The van der Waals surface area contributed by atoms with Crippen molar-refractivity contribution in [2.45, 2.75) is 75.8 Å². The van der Waals surface area contributed by atoms with Crippen LogP contribution in [-0.4, -0.2) is 93.3 Å². The van der Waals surface area contributed by atoms with E-state index < -0.39 is 21.5 Å². The van der Waals surface area contributed by atoms with Gasteiger partial charge in [-0.05, 0) is 93.1 Å². The number of amides is 2. The fourth-order valence-corrected chi connectivity index (χ4v) is 9.21. The molecule has 2 amide bonds. The van der Waals surface area contributed by atoms with Crippen molar-refractivity contribution in [1.82, 2.24) is 23.4 Å². The Morgan fingerprint density at radius 1 is 1.02 bits per heavy atom. The highest BCUT2D eigenvalue weighted by Crippen LogP contribution is 2.66.